The van der Waals surface area contributed by atoms with Crippen LogP contribution < -0.4 is 16.0 Å². The molecule has 4 saturated carbocycles. The summed E-state index contributed by atoms with van der Waals surface area (Å²) in [6.45, 7) is 4.53. The van der Waals surface area contributed by atoms with Crippen molar-refractivity contribution < 1.29 is 19.4 Å². The molecule has 0 aromatic carbocycles. The molecule has 4 aliphatic carbocycles. The molecule has 3 heterocycles. The Morgan fingerprint density at radius 1 is 0.745 bits per heavy atom. The fraction of sp³-hybridized carbons (Fsp3) is 0.957. The second-order valence-corrected chi connectivity index (χ2v) is 19.7. The lowest BCUT2D eigenvalue weighted by molar-refractivity contribution is -0.147. The fourth-order valence-corrected chi connectivity index (χ4v) is 12.6. The van der Waals surface area contributed by atoms with E-state index in [-0.39, 0.29) is 30.0 Å². The van der Waals surface area contributed by atoms with Crippen LogP contribution in [0.5, 0.6) is 0 Å². The van der Waals surface area contributed by atoms with Gasteiger partial charge in [-0.25, -0.2) is 0 Å². The number of hydrogen-bond acceptors (Lipinski definition) is 7. The van der Waals surface area contributed by atoms with Crippen LogP contribution in [0.2, 0.25) is 0 Å². The lowest BCUT2D eigenvalue weighted by Gasteiger charge is -2.45. The van der Waals surface area contributed by atoms with Crippen LogP contribution in [0, 0.1) is 29.6 Å². The predicted octanol–water partition coefficient (Wildman–Crippen LogP) is 6.95. The Balaban J connectivity index is 0.982. The molecule has 0 aromatic heterocycles. The molecule has 9 nitrogen and oxygen atoms in total. The Labute approximate surface area is 335 Å². The standard InChI is InChI=1S/C46H81N5O4/c52-39(33-55-44-25-11-24-41-40(44)23-12-26-47-41)31-50-27-28-51(46(54)42-29-36-19-7-8-20-37(36)30-48-42)43(32-50)45(53)49-38(21-9-17-34-13-3-1-4-14-34)22-10-18-35-15-5-2-6-16-35/h34-44,47-48,52H,1-33H2,(H,49,53)/t36?,37?,39-,40?,41?,42?,43?,44?/m0/s1. The zero-order chi connectivity index (χ0) is 37.8. The molecule has 9 heteroatoms. The number of ether oxygens (including phenoxy) is 1. The SMILES string of the molecule is O=C(NC(CCCC1CCCCC1)CCCC1CCCCC1)C1CN(C[C@H](O)COC2CCCC3NCCCC32)CCN1C(=O)C1CC2CCCCC2CN1. The summed E-state index contributed by atoms with van der Waals surface area (Å²) in [7, 11) is 0. The van der Waals surface area contributed by atoms with Gasteiger partial charge < -0.3 is 30.7 Å². The zero-order valence-corrected chi connectivity index (χ0v) is 34.8. The highest BCUT2D eigenvalue weighted by molar-refractivity contribution is 5.90. The molecule has 7 aliphatic rings. The van der Waals surface area contributed by atoms with E-state index < -0.39 is 12.1 Å². The lowest BCUT2D eigenvalue weighted by atomic mass is 9.73. The van der Waals surface area contributed by atoms with E-state index in [0.717, 1.165) is 50.6 Å². The average Bonchev–Trinajstić information content (AvgIpc) is 3.23. The number of carbonyl (C=O) groups is 2. The maximum atomic E-state index is 14.6. The van der Waals surface area contributed by atoms with Gasteiger partial charge in [0, 0.05) is 44.2 Å². The second-order valence-electron chi connectivity index (χ2n) is 19.7. The number of nitrogens with zero attached hydrogens (tertiary/aromatic N) is 2. The molecule has 0 aromatic rings. The molecule has 8 atom stereocenters. The van der Waals surface area contributed by atoms with Crippen LogP contribution in [-0.2, 0) is 14.3 Å². The van der Waals surface area contributed by atoms with Gasteiger partial charge in [-0.1, -0.05) is 109 Å². The van der Waals surface area contributed by atoms with Crippen LogP contribution in [-0.4, -0.2) is 109 Å². The Kier molecular flexibility index (Phi) is 16.5. The van der Waals surface area contributed by atoms with Crippen LogP contribution in [0.4, 0.5) is 0 Å². The van der Waals surface area contributed by atoms with Crippen molar-refractivity contribution in [1.29, 1.82) is 0 Å². The van der Waals surface area contributed by atoms with E-state index in [2.05, 4.69) is 20.9 Å². The van der Waals surface area contributed by atoms with Crippen molar-refractivity contribution in [2.45, 2.75) is 203 Å². The average molecular weight is 768 g/mol. The molecule has 314 valence electrons. The largest absolute Gasteiger partial charge is 0.389 e. The predicted molar refractivity (Wildman–Crippen MR) is 221 cm³/mol. The molecule has 0 spiro atoms. The first kappa shape index (κ1) is 41.9. The fourth-order valence-electron chi connectivity index (χ4n) is 12.6. The Bertz CT molecular complexity index is 1140. The summed E-state index contributed by atoms with van der Waals surface area (Å²) in [6.07, 6.45) is 32.3. The minimum absolute atomic E-state index is 0.0218. The van der Waals surface area contributed by atoms with Crippen LogP contribution in [0.1, 0.15) is 167 Å². The van der Waals surface area contributed by atoms with Crippen molar-refractivity contribution in [3.05, 3.63) is 0 Å². The monoisotopic (exact) mass is 768 g/mol. The zero-order valence-electron chi connectivity index (χ0n) is 34.8. The first-order chi connectivity index (χ1) is 27.0. The van der Waals surface area contributed by atoms with Crippen molar-refractivity contribution >= 4 is 11.8 Å². The number of nitrogens with one attached hydrogen (secondary N) is 3. The first-order valence-corrected chi connectivity index (χ1v) is 24.1. The van der Waals surface area contributed by atoms with Gasteiger partial charge >= 0.3 is 0 Å². The molecule has 0 radical (unpaired) electrons. The van der Waals surface area contributed by atoms with Crippen molar-refractivity contribution in [2.24, 2.45) is 29.6 Å². The Morgan fingerprint density at radius 3 is 2.16 bits per heavy atom. The van der Waals surface area contributed by atoms with Crippen molar-refractivity contribution in [3.63, 3.8) is 0 Å². The topological polar surface area (TPSA) is 106 Å². The summed E-state index contributed by atoms with van der Waals surface area (Å²) >= 11 is 0. The summed E-state index contributed by atoms with van der Waals surface area (Å²) in [4.78, 5) is 33.2. The summed E-state index contributed by atoms with van der Waals surface area (Å²) in [5.41, 5.74) is 0. The number of β-amino-alcohol motifs (C(OH)–C–C–N with tert-alkyl or cyclic N) is 1. The Hall–Kier alpha value is -1.26. The molecule has 7 rings (SSSR count). The highest BCUT2D eigenvalue weighted by Crippen LogP contribution is 2.37. The van der Waals surface area contributed by atoms with Gasteiger partial charge in [-0.2, -0.15) is 0 Å². The second kappa shape index (κ2) is 21.7. The number of aliphatic hydroxyl groups is 1. The van der Waals surface area contributed by atoms with Gasteiger partial charge in [-0.05, 0) is 94.5 Å². The molecule has 7 unspecified atom stereocenters. The molecule has 3 aliphatic heterocycles. The molecule has 0 bridgehead atoms. The number of piperazine rings is 1. The van der Waals surface area contributed by atoms with Crippen LogP contribution in [0.25, 0.3) is 0 Å². The van der Waals surface area contributed by atoms with E-state index in [1.807, 2.05) is 4.90 Å². The van der Waals surface area contributed by atoms with E-state index in [1.54, 1.807) is 0 Å². The van der Waals surface area contributed by atoms with Crippen molar-refractivity contribution in [2.75, 3.05) is 45.9 Å². The smallest absolute Gasteiger partial charge is 0.244 e. The summed E-state index contributed by atoms with van der Waals surface area (Å²) in [6, 6.07) is -0.0154. The van der Waals surface area contributed by atoms with Gasteiger partial charge in [0.15, 0.2) is 0 Å². The maximum absolute atomic E-state index is 14.6. The third-order valence-electron chi connectivity index (χ3n) is 15.8. The third kappa shape index (κ3) is 12.1. The van der Waals surface area contributed by atoms with Crippen molar-refractivity contribution in [3.8, 4) is 0 Å². The van der Waals surface area contributed by atoms with Crippen LogP contribution in [0.15, 0.2) is 0 Å². The molecular weight excluding hydrogens is 687 g/mol. The minimum Gasteiger partial charge on any atom is -0.389 e. The highest BCUT2D eigenvalue weighted by Gasteiger charge is 2.42. The molecule has 2 amide bonds. The number of fused-ring (bicyclic) bond motifs is 2. The first-order valence-electron chi connectivity index (χ1n) is 24.1. The molecule has 55 heavy (non-hydrogen) atoms. The molecule has 3 saturated heterocycles. The maximum Gasteiger partial charge on any atom is 0.244 e. The molecular formula is C46H81N5O4. The van der Waals surface area contributed by atoms with E-state index in [0.29, 0.717) is 56.6 Å². The normalized spacial score (nSPS) is 33.5. The third-order valence-corrected chi connectivity index (χ3v) is 15.8. The van der Waals surface area contributed by atoms with E-state index >= 15 is 0 Å². The number of hydrogen-bond donors (Lipinski definition) is 4. The molecule has 7 fully saturated rings. The van der Waals surface area contributed by atoms with E-state index in [4.69, 9.17) is 4.74 Å². The Morgan fingerprint density at radius 2 is 1.44 bits per heavy atom. The van der Waals surface area contributed by atoms with Crippen LogP contribution in [0.3, 0.4) is 0 Å². The van der Waals surface area contributed by atoms with Gasteiger partial charge in [0.05, 0.1) is 24.9 Å². The summed E-state index contributed by atoms with van der Waals surface area (Å²) in [5, 5.41) is 22.3. The lowest BCUT2D eigenvalue weighted by Crippen LogP contribution is -2.65. The van der Waals surface area contributed by atoms with Gasteiger partial charge in [0.25, 0.3) is 0 Å². The van der Waals surface area contributed by atoms with Crippen LogP contribution >= 0.6 is 0 Å². The van der Waals surface area contributed by atoms with Gasteiger partial charge in [-0.15, -0.1) is 0 Å². The van der Waals surface area contributed by atoms with Gasteiger partial charge in [0.1, 0.15) is 6.04 Å². The van der Waals surface area contributed by atoms with E-state index in [1.165, 1.54) is 141 Å². The summed E-state index contributed by atoms with van der Waals surface area (Å²) in [5.74, 6) is 3.71. The van der Waals surface area contributed by atoms with Gasteiger partial charge in [-0.3, -0.25) is 14.5 Å². The highest BCUT2D eigenvalue weighted by atomic mass is 16.5. The number of amides is 2. The number of rotatable bonds is 16. The number of carbonyl (C=O) groups excluding carboxylic acids is 2. The van der Waals surface area contributed by atoms with Crippen molar-refractivity contribution in [1.82, 2.24) is 25.8 Å². The number of piperidine rings is 2. The summed E-state index contributed by atoms with van der Waals surface area (Å²) < 4.78 is 6.46. The quantitative estimate of drug-likeness (QED) is 0.135. The van der Waals surface area contributed by atoms with E-state index in [9.17, 15) is 14.7 Å². The number of aliphatic hydroxyl groups excluding tert-OH is 1. The minimum atomic E-state index is -0.613. The van der Waals surface area contributed by atoms with Gasteiger partial charge in [0.2, 0.25) is 11.8 Å². The molecule has 4 N–H and O–H groups in total.